The highest BCUT2D eigenvalue weighted by molar-refractivity contribution is 6.35. The highest BCUT2D eigenvalue weighted by Gasteiger charge is 2.45. The van der Waals surface area contributed by atoms with Gasteiger partial charge in [0.15, 0.2) is 5.92 Å². The van der Waals surface area contributed by atoms with E-state index in [-0.39, 0.29) is 5.69 Å². The van der Waals surface area contributed by atoms with Crippen LogP contribution in [0.2, 0.25) is 0 Å². The van der Waals surface area contributed by atoms with E-state index in [2.05, 4.69) is 10.6 Å². The van der Waals surface area contributed by atoms with Crippen molar-refractivity contribution in [1.29, 1.82) is 0 Å². The van der Waals surface area contributed by atoms with Crippen molar-refractivity contribution in [2.75, 3.05) is 10.2 Å². The molecule has 148 valence electrons. The molecule has 1 atom stereocenters. The van der Waals surface area contributed by atoms with Gasteiger partial charge < -0.3 is 5.32 Å². The number of amides is 5. The zero-order valence-electron chi connectivity index (χ0n) is 15.7. The maximum absolute atomic E-state index is 12.8. The Balaban J connectivity index is 1.53. The molecule has 0 spiro atoms. The average molecular weight is 399 g/mol. The number of carbonyl (C=O) groups is 4. The fraction of sp³-hybridized carbons (Fsp3) is 0.0435. The van der Waals surface area contributed by atoms with E-state index in [4.69, 9.17) is 0 Å². The van der Waals surface area contributed by atoms with Gasteiger partial charge in [-0.1, -0.05) is 60.7 Å². The van der Waals surface area contributed by atoms with Gasteiger partial charge in [-0.05, 0) is 35.4 Å². The van der Waals surface area contributed by atoms with Crippen molar-refractivity contribution in [3.8, 4) is 11.1 Å². The number of nitrogens with zero attached hydrogens (tertiary/aromatic N) is 1. The second kappa shape index (κ2) is 8.00. The predicted octanol–water partition coefficient (Wildman–Crippen LogP) is 3.19. The first-order valence-electron chi connectivity index (χ1n) is 9.25. The monoisotopic (exact) mass is 399 g/mol. The maximum Gasteiger partial charge on any atom is 0.335 e. The second-order valence-electron chi connectivity index (χ2n) is 6.67. The van der Waals surface area contributed by atoms with E-state index in [1.54, 1.807) is 42.5 Å². The van der Waals surface area contributed by atoms with Gasteiger partial charge >= 0.3 is 6.03 Å². The first kappa shape index (κ1) is 19.1. The minimum Gasteiger partial charge on any atom is -0.325 e. The van der Waals surface area contributed by atoms with Crippen LogP contribution in [0.3, 0.4) is 0 Å². The number of rotatable bonds is 4. The van der Waals surface area contributed by atoms with Crippen LogP contribution in [0.25, 0.3) is 11.1 Å². The third-order valence-corrected chi connectivity index (χ3v) is 4.70. The molecule has 7 nitrogen and oxygen atoms in total. The van der Waals surface area contributed by atoms with Crippen LogP contribution >= 0.6 is 0 Å². The molecule has 3 aromatic carbocycles. The summed E-state index contributed by atoms with van der Waals surface area (Å²) in [5.74, 6) is -4.32. The van der Waals surface area contributed by atoms with E-state index >= 15 is 0 Å². The number of para-hydroxylation sites is 1. The van der Waals surface area contributed by atoms with E-state index in [1.807, 2.05) is 42.5 Å². The lowest BCUT2D eigenvalue weighted by atomic mass is 10.0. The van der Waals surface area contributed by atoms with Crippen molar-refractivity contribution in [3.63, 3.8) is 0 Å². The highest BCUT2D eigenvalue weighted by Crippen LogP contribution is 2.23. The smallest absolute Gasteiger partial charge is 0.325 e. The Morgan fingerprint density at radius 3 is 1.97 bits per heavy atom. The largest absolute Gasteiger partial charge is 0.335 e. The summed E-state index contributed by atoms with van der Waals surface area (Å²) in [4.78, 5) is 50.7. The number of hydrogen-bond acceptors (Lipinski definition) is 4. The van der Waals surface area contributed by atoms with E-state index in [9.17, 15) is 19.2 Å². The predicted molar refractivity (Wildman–Crippen MR) is 111 cm³/mol. The summed E-state index contributed by atoms with van der Waals surface area (Å²) in [5.41, 5.74) is 2.69. The third kappa shape index (κ3) is 3.68. The molecule has 5 amide bonds. The molecule has 2 N–H and O–H groups in total. The Hall–Kier alpha value is -4.26. The quantitative estimate of drug-likeness (QED) is 0.659. The van der Waals surface area contributed by atoms with Gasteiger partial charge in [-0.2, -0.15) is 0 Å². The Kier molecular flexibility index (Phi) is 5.09. The summed E-state index contributed by atoms with van der Waals surface area (Å²) in [7, 11) is 0. The Bertz CT molecular complexity index is 1110. The normalized spacial score (nSPS) is 16.2. The summed E-state index contributed by atoms with van der Waals surface area (Å²) in [6.45, 7) is 0. The van der Waals surface area contributed by atoms with E-state index in [0.717, 1.165) is 16.0 Å². The van der Waals surface area contributed by atoms with Gasteiger partial charge in [0.05, 0.1) is 5.69 Å². The van der Waals surface area contributed by atoms with Crippen LogP contribution in [0.1, 0.15) is 0 Å². The fourth-order valence-corrected chi connectivity index (χ4v) is 3.22. The molecule has 4 rings (SSSR count). The van der Waals surface area contributed by atoms with Crippen molar-refractivity contribution in [3.05, 3.63) is 84.9 Å². The van der Waals surface area contributed by atoms with Gasteiger partial charge in [0.2, 0.25) is 11.8 Å². The topological polar surface area (TPSA) is 95.6 Å². The summed E-state index contributed by atoms with van der Waals surface area (Å²) < 4.78 is 0. The van der Waals surface area contributed by atoms with Crippen LogP contribution in [-0.4, -0.2) is 23.8 Å². The van der Waals surface area contributed by atoms with Crippen molar-refractivity contribution in [1.82, 2.24) is 5.32 Å². The number of nitrogens with one attached hydrogen (secondary N) is 2. The Morgan fingerprint density at radius 2 is 1.33 bits per heavy atom. The molecule has 1 heterocycles. The SMILES string of the molecule is O=C1NC(=O)N(c2ccccc2)C(=O)C1C(=O)Nc1ccc(-c2ccccc2)cc1. The molecule has 0 radical (unpaired) electrons. The lowest BCUT2D eigenvalue weighted by Crippen LogP contribution is -2.61. The van der Waals surface area contributed by atoms with Crippen molar-refractivity contribution >= 4 is 35.1 Å². The van der Waals surface area contributed by atoms with Crippen LogP contribution in [0.5, 0.6) is 0 Å². The molecule has 3 aromatic rings. The zero-order chi connectivity index (χ0) is 21.1. The van der Waals surface area contributed by atoms with Gasteiger partial charge in [0.1, 0.15) is 0 Å². The lowest BCUT2D eigenvalue weighted by Gasteiger charge is -2.29. The minimum atomic E-state index is -1.67. The van der Waals surface area contributed by atoms with Gasteiger partial charge in [0, 0.05) is 5.69 Å². The molecule has 0 aliphatic carbocycles. The molecule has 1 saturated heterocycles. The molecule has 30 heavy (non-hydrogen) atoms. The highest BCUT2D eigenvalue weighted by atomic mass is 16.2. The molecule has 0 aromatic heterocycles. The molecule has 1 aliphatic heterocycles. The lowest BCUT2D eigenvalue weighted by molar-refractivity contribution is -0.139. The number of anilines is 2. The average Bonchev–Trinajstić information content (AvgIpc) is 2.75. The standard InChI is InChI=1S/C23H17N3O4/c27-20(24-17-13-11-16(12-14-17)15-7-3-1-4-8-15)19-21(28)25-23(30)26(22(19)29)18-9-5-2-6-10-18/h1-14,19H,(H,24,27)(H,25,28,30). The Morgan fingerprint density at radius 1 is 0.767 bits per heavy atom. The second-order valence-corrected chi connectivity index (χ2v) is 6.67. The zero-order valence-corrected chi connectivity index (χ0v) is 15.7. The maximum atomic E-state index is 12.8. The molecule has 0 bridgehead atoms. The van der Waals surface area contributed by atoms with E-state index in [0.29, 0.717) is 5.69 Å². The summed E-state index contributed by atoms with van der Waals surface area (Å²) in [6.07, 6.45) is 0. The Labute approximate surface area is 172 Å². The molecule has 0 saturated carbocycles. The fourth-order valence-electron chi connectivity index (χ4n) is 3.22. The number of barbiturate groups is 1. The molecular weight excluding hydrogens is 382 g/mol. The minimum absolute atomic E-state index is 0.275. The van der Waals surface area contributed by atoms with Crippen molar-refractivity contribution in [2.24, 2.45) is 5.92 Å². The molecule has 7 heteroatoms. The van der Waals surface area contributed by atoms with Gasteiger partial charge in [-0.3, -0.25) is 19.7 Å². The first-order valence-corrected chi connectivity index (χ1v) is 9.25. The molecule has 1 fully saturated rings. The summed E-state index contributed by atoms with van der Waals surface area (Å²) in [5, 5.41) is 4.65. The number of imide groups is 2. The number of urea groups is 1. The van der Waals surface area contributed by atoms with Crippen LogP contribution in [0.15, 0.2) is 84.9 Å². The van der Waals surface area contributed by atoms with E-state index in [1.165, 1.54) is 0 Å². The third-order valence-electron chi connectivity index (χ3n) is 4.70. The number of carbonyl (C=O) groups excluding carboxylic acids is 4. The van der Waals surface area contributed by atoms with Gasteiger partial charge in [-0.15, -0.1) is 0 Å². The molecule has 1 unspecified atom stereocenters. The first-order chi connectivity index (χ1) is 14.5. The van der Waals surface area contributed by atoms with Gasteiger partial charge in [0.25, 0.3) is 5.91 Å². The van der Waals surface area contributed by atoms with E-state index < -0.39 is 29.7 Å². The summed E-state index contributed by atoms with van der Waals surface area (Å²) in [6, 6.07) is 24.0. The van der Waals surface area contributed by atoms with Crippen molar-refractivity contribution in [2.45, 2.75) is 0 Å². The number of hydrogen-bond donors (Lipinski definition) is 2. The summed E-state index contributed by atoms with van der Waals surface area (Å²) >= 11 is 0. The van der Waals surface area contributed by atoms with Crippen molar-refractivity contribution < 1.29 is 19.2 Å². The van der Waals surface area contributed by atoms with Crippen LogP contribution in [0.4, 0.5) is 16.2 Å². The van der Waals surface area contributed by atoms with Crippen LogP contribution in [-0.2, 0) is 14.4 Å². The number of benzene rings is 3. The van der Waals surface area contributed by atoms with Crippen LogP contribution < -0.4 is 15.5 Å². The van der Waals surface area contributed by atoms with Crippen LogP contribution in [0, 0.1) is 5.92 Å². The molecular formula is C23H17N3O4. The van der Waals surface area contributed by atoms with Gasteiger partial charge in [-0.25, -0.2) is 9.69 Å². The molecule has 1 aliphatic rings.